The third-order valence-electron chi connectivity index (χ3n) is 4.37. The Morgan fingerprint density at radius 3 is 2.84 bits per heavy atom. The number of nitrogens with zero attached hydrogens (tertiary/aromatic N) is 2. The Labute approximate surface area is 125 Å². The second-order valence-corrected chi connectivity index (χ2v) is 6.45. The van der Waals surface area contributed by atoms with Gasteiger partial charge in [-0.15, -0.1) is 0 Å². The van der Waals surface area contributed by atoms with Crippen LogP contribution < -0.4 is 0 Å². The molecule has 2 nitrogen and oxygen atoms in total. The van der Waals surface area contributed by atoms with Gasteiger partial charge >= 0.3 is 0 Å². The highest BCUT2D eigenvalue weighted by molar-refractivity contribution is 6.42. The van der Waals surface area contributed by atoms with Crippen LogP contribution in [0.3, 0.4) is 0 Å². The van der Waals surface area contributed by atoms with Crippen molar-refractivity contribution in [3.8, 4) is 0 Å². The Bertz CT molecular complexity index is 450. The molecule has 1 aromatic carbocycles. The van der Waals surface area contributed by atoms with Gasteiger partial charge in [0, 0.05) is 32.2 Å². The summed E-state index contributed by atoms with van der Waals surface area (Å²) in [5.74, 6) is 0. The summed E-state index contributed by atoms with van der Waals surface area (Å²) in [7, 11) is 0. The molecule has 19 heavy (non-hydrogen) atoms. The van der Waals surface area contributed by atoms with E-state index in [1.807, 2.05) is 12.1 Å². The molecule has 2 saturated heterocycles. The van der Waals surface area contributed by atoms with Crippen LogP contribution in [-0.2, 0) is 6.42 Å². The zero-order valence-electron chi connectivity index (χ0n) is 11.1. The normalized spacial score (nSPS) is 24.6. The van der Waals surface area contributed by atoms with Gasteiger partial charge in [-0.25, -0.2) is 0 Å². The molecule has 0 aromatic heterocycles. The average Bonchev–Trinajstić information content (AvgIpc) is 2.87. The molecule has 0 bridgehead atoms. The van der Waals surface area contributed by atoms with E-state index in [1.165, 1.54) is 44.6 Å². The van der Waals surface area contributed by atoms with Crippen LogP contribution in [0.1, 0.15) is 18.4 Å². The predicted molar refractivity (Wildman–Crippen MR) is 81.2 cm³/mol. The van der Waals surface area contributed by atoms with Crippen molar-refractivity contribution in [2.75, 3.05) is 32.7 Å². The summed E-state index contributed by atoms with van der Waals surface area (Å²) in [6, 6.07) is 6.78. The zero-order valence-corrected chi connectivity index (χ0v) is 12.6. The molecule has 0 amide bonds. The van der Waals surface area contributed by atoms with Crippen molar-refractivity contribution >= 4 is 23.2 Å². The third-order valence-corrected chi connectivity index (χ3v) is 5.11. The molecule has 4 heteroatoms. The molecule has 0 radical (unpaired) electrons. The minimum absolute atomic E-state index is 0.644. The highest BCUT2D eigenvalue weighted by Gasteiger charge is 2.29. The molecule has 1 aromatic rings. The van der Waals surface area contributed by atoms with E-state index in [-0.39, 0.29) is 0 Å². The number of hydrogen-bond acceptors (Lipinski definition) is 2. The first kappa shape index (κ1) is 13.7. The molecule has 0 aliphatic carbocycles. The van der Waals surface area contributed by atoms with Crippen molar-refractivity contribution in [3.05, 3.63) is 33.8 Å². The van der Waals surface area contributed by atoms with Crippen LogP contribution in [0.4, 0.5) is 0 Å². The van der Waals surface area contributed by atoms with Crippen LogP contribution in [0.2, 0.25) is 10.0 Å². The lowest BCUT2D eigenvalue weighted by atomic mass is 10.1. The van der Waals surface area contributed by atoms with Gasteiger partial charge < -0.3 is 4.90 Å². The van der Waals surface area contributed by atoms with Crippen LogP contribution in [0.5, 0.6) is 0 Å². The number of piperazine rings is 1. The zero-order chi connectivity index (χ0) is 13.2. The van der Waals surface area contributed by atoms with Gasteiger partial charge in [-0.1, -0.05) is 29.3 Å². The van der Waals surface area contributed by atoms with Crippen molar-refractivity contribution in [3.63, 3.8) is 0 Å². The summed E-state index contributed by atoms with van der Waals surface area (Å²) < 4.78 is 0. The topological polar surface area (TPSA) is 6.48 Å². The Hall–Kier alpha value is -0.280. The van der Waals surface area contributed by atoms with Crippen molar-refractivity contribution < 1.29 is 0 Å². The maximum atomic E-state index is 6.06. The fourth-order valence-corrected chi connectivity index (χ4v) is 3.56. The molecule has 0 saturated carbocycles. The van der Waals surface area contributed by atoms with Crippen LogP contribution in [0.15, 0.2) is 18.2 Å². The van der Waals surface area contributed by atoms with Gasteiger partial charge in [0.05, 0.1) is 10.0 Å². The van der Waals surface area contributed by atoms with Crippen LogP contribution >= 0.6 is 23.2 Å². The van der Waals surface area contributed by atoms with Gasteiger partial charge in [0.25, 0.3) is 0 Å². The monoisotopic (exact) mass is 298 g/mol. The van der Waals surface area contributed by atoms with Gasteiger partial charge in [0.1, 0.15) is 0 Å². The average molecular weight is 299 g/mol. The first-order chi connectivity index (χ1) is 9.22. The van der Waals surface area contributed by atoms with E-state index in [1.54, 1.807) is 0 Å². The number of hydrogen-bond donors (Lipinski definition) is 0. The van der Waals surface area contributed by atoms with E-state index in [0.717, 1.165) is 19.0 Å². The Morgan fingerprint density at radius 1 is 1.11 bits per heavy atom. The molecular weight excluding hydrogens is 279 g/mol. The van der Waals surface area contributed by atoms with Gasteiger partial charge in [-0.05, 0) is 43.5 Å². The molecule has 1 atom stereocenters. The van der Waals surface area contributed by atoms with Crippen molar-refractivity contribution in [2.24, 2.45) is 0 Å². The smallest absolute Gasteiger partial charge is 0.0595 e. The molecule has 104 valence electrons. The SMILES string of the molecule is Clc1ccc(CCN2CCN3CCC[C@H]3C2)cc1Cl. The Morgan fingerprint density at radius 2 is 2.00 bits per heavy atom. The fraction of sp³-hybridized carbons (Fsp3) is 0.600. The minimum atomic E-state index is 0.644. The van der Waals surface area contributed by atoms with E-state index in [9.17, 15) is 0 Å². The molecule has 2 fully saturated rings. The van der Waals surface area contributed by atoms with E-state index in [0.29, 0.717) is 10.0 Å². The third kappa shape index (κ3) is 3.25. The number of benzene rings is 1. The lowest BCUT2D eigenvalue weighted by Gasteiger charge is -2.37. The largest absolute Gasteiger partial charge is 0.300 e. The number of fused-ring (bicyclic) bond motifs is 1. The lowest BCUT2D eigenvalue weighted by molar-refractivity contribution is 0.105. The fourth-order valence-electron chi connectivity index (χ4n) is 3.24. The minimum Gasteiger partial charge on any atom is -0.300 e. The summed E-state index contributed by atoms with van der Waals surface area (Å²) in [4.78, 5) is 5.24. The van der Waals surface area contributed by atoms with Crippen LogP contribution in [0, 0.1) is 0 Å². The van der Waals surface area contributed by atoms with Crippen LogP contribution in [0.25, 0.3) is 0 Å². The quantitative estimate of drug-likeness (QED) is 0.845. The van der Waals surface area contributed by atoms with Crippen molar-refractivity contribution in [1.82, 2.24) is 9.80 Å². The molecule has 2 aliphatic heterocycles. The van der Waals surface area contributed by atoms with E-state index < -0.39 is 0 Å². The molecule has 0 spiro atoms. The first-order valence-corrected chi connectivity index (χ1v) is 7.88. The summed E-state index contributed by atoms with van der Waals surface area (Å²) in [6.07, 6.45) is 3.82. The maximum absolute atomic E-state index is 6.06. The highest BCUT2D eigenvalue weighted by Crippen LogP contribution is 2.24. The van der Waals surface area contributed by atoms with E-state index in [2.05, 4.69) is 15.9 Å². The highest BCUT2D eigenvalue weighted by atomic mass is 35.5. The summed E-state index contributed by atoms with van der Waals surface area (Å²) in [5, 5.41) is 1.31. The van der Waals surface area contributed by atoms with Crippen molar-refractivity contribution in [2.45, 2.75) is 25.3 Å². The standard InChI is InChI=1S/C15H20Cl2N2/c16-14-4-3-12(10-15(14)17)5-7-18-8-9-19-6-1-2-13(19)11-18/h3-4,10,13H,1-2,5-9,11H2/t13-/m0/s1. The number of rotatable bonds is 3. The van der Waals surface area contributed by atoms with E-state index >= 15 is 0 Å². The molecule has 3 rings (SSSR count). The van der Waals surface area contributed by atoms with Gasteiger partial charge in [-0.3, -0.25) is 4.90 Å². The van der Waals surface area contributed by atoms with E-state index in [4.69, 9.17) is 23.2 Å². The molecule has 2 aliphatic rings. The maximum Gasteiger partial charge on any atom is 0.0595 e. The second kappa shape index (κ2) is 6.01. The van der Waals surface area contributed by atoms with Gasteiger partial charge in [-0.2, -0.15) is 0 Å². The second-order valence-electron chi connectivity index (χ2n) is 5.63. The van der Waals surface area contributed by atoms with Crippen molar-refractivity contribution in [1.29, 1.82) is 0 Å². The number of halogens is 2. The first-order valence-electron chi connectivity index (χ1n) is 7.13. The lowest BCUT2D eigenvalue weighted by Crippen LogP contribution is -2.50. The van der Waals surface area contributed by atoms with Gasteiger partial charge in [0.2, 0.25) is 0 Å². The van der Waals surface area contributed by atoms with Crippen LogP contribution in [-0.4, -0.2) is 48.6 Å². The molecule has 2 heterocycles. The summed E-state index contributed by atoms with van der Waals surface area (Å²) in [5.41, 5.74) is 1.28. The Kier molecular flexibility index (Phi) is 4.33. The molecule has 0 N–H and O–H groups in total. The van der Waals surface area contributed by atoms with Gasteiger partial charge in [0.15, 0.2) is 0 Å². The molecular formula is C15H20Cl2N2. The predicted octanol–water partition coefficient (Wildman–Crippen LogP) is 3.32. The summed E-state index contributed by atoms with van der Waals surface area (Å²) in [6.45, 7) is 6.12. The Balaban J connectivity index is 1.53. The summed E-state index contributed by atoms with van der Waals surface area (Å²) >= 11 is 12.0. The molecule has 0 unspecified atom stereocenters.